The van der Waals surface area contributed by atoms with Crippen molar-refractivity contribution in [2.24, 2.45) is 0 Å². The molecular weight excluding hydrogens is 384 g/mol. The Kier molecular flexibility index (Phi) is 6.06. The molecule has 1 amide bonds. The van der Waals surface area contributed by atoms with Crippen LogP contribution in [0.15, 0.2) is 12.1 Å². The van der Waals surface area contributed by atoms with Gasteiger partial charge in [0.1, 0.15) is 11.5 Å². The lowest BCUT2D eigenvalue weighted by molar-refractivity contribution is -0.366. The van der Waals surface area contributed by atoms with Gasteiger partial charge in [-0.25, -0.2) is 0 Å². The summed E-state index contributed by atoms with van der Waals surface area (Å²) in [4.78, 5) is 11.7. The Morgan fingerprint density at radius 2 is 1.56 bits per heavy atom. The van der Waals surface area contributed by atoms with Gasteiger partial charge in [0.15, 0.2) is 0 Å². The average molecular weight is 396 g/mol. The SMILES string of the molecule is COc1cc(OC)c(NC(=O)CC(O)(C(F)(F)F)C(F)(F)F)cc1Cl. The van der Waals surface area contributed by atoms with Crippen molar-refractivity contribution in [2.75, 3.05) is 19.5 Å². The minimum Gasteiger partial charge on any atom is -0.495 e. The molecule has 142 valence electrons. The van der Waals surface area contributed by atoms with Crippen molar-refractivity contribution in [1.82, 2.24) is 0 Å². The lowest BCUT2D eigenvalue weighted by atomic mass is 9.97. The Balaban J connectivity index is 3.13. The second kappa shape index (κ2) is 7.16. The molecule has 0 aliphatic carbocycles. The number of benzene rings is 1. The Bertz CT molecular complexity index is 633. The van der Waals surface area contributed by atoms with E-state index in [1.54, 1.807) is 5.32 Å². The molecule has 0 unspecified atom stereocenters. The maximum Gasteiger partial charge on any atom is 0.426 e. The average Bonchev–Trinajstić information content (AvgIpc) is 2.45. The highest BCUT2D eigenvalue weighted by molar-refractivity contribution is 6.32. The number of ether oxygens (including phenoxy) is 2. The van der Waals surface area contributed by atoms with Crippen LogP contribution in [0.4, 0.5) is 32.0 Å². The number of methoxy groups -OCH3 is 2. The molecule has 2 N–H and O–H groups in total. The van der Waals surface area contributed by atoms with Crippen LogP contribution in [0.1, 0.15) is 6.42 Å². The van der Waals surface area contributed by atoms with Crippen molar-refractivity contribution < 1.29 is 45.7 Å². The number of rotatable bonds is 5. The van der Waals surface area contributed by atoms with Gasteiger partial charge in [0.25, 0.3) is 5.60 Å². The van der Waals surface area contributed by atoms with E-state index in [9.17, 15) is 31.1 Å². The van der Waals surface area contributed by atoms with Gasteiger partial charge < -0.3 is 19.9 Å². The molecule has 0 aliphatic heterocycles. The fourth-order valence-corrected chi connectivity index (χ4v) is 1.99. The van der Waals surface area contributed by atoms with Crippen LogP contribution in [-0.2, 0) is 4.79 Å². The second-order valence-electron chi connectivity index (χ2n) is 4.77. The summed E-state index contributed by atoms with van der Waals surface area (Å²) in [6.45, 7) is 0. The fourth-order valence-electron chi connectivity index (χ4n) is 1.75. The van der Waals surface area contributed by atoms with Crippen LogP contribution >= 0.6 is 11.6 Å². The zero-order valence-electron chi connectivity index (χ0n) is 12.7. The molecule has 5 nitrogen and oxygen atoms in total. The molecular formula is C13H12ClF6NO4. The predicted molar refractivity (Wildman–Crippen MR) is 74.9 cm³/mol. The van der Waals surface area contributed by atoms with Crippen LogP contribution in [0, 0.1) is 0 Å². The van der Waals surface area contributed by atoms with E-state index >= 15 is 0 Å². The highest BCUT2D eigenvalue weighted by Gasteiger charge is 2.71. The van der Waals surface area contributed by atoms with Crippen LogP contribution in [0.25, 0.3) is 0 Å². The molecule has 1 rings (SSSR count). The van der Waals surface area contributed by atoms with E-state index in [0.717, 1.165) is 19.2 Å². The predicted octanol–water partition coefficient (Wildman–Crippen LogP) is 3.54. The topological polar surface area (TPSA) is 67.8 Å². The minimum absolute atomic E-state index is 0.0829. The highest BCUT2D eigenvalue weighted by atomic mass is 35.5. The van der Waals surface area contributed by atoms with E-state index < -0.39 is 30.3 Å². The maximum atomic E-state index is 12.6. The number of nitrogens with one attached hydrogen (secondary N) is 1. The first-order valence-electron chi connectivity index (χ1n) is 6.34. The third-order valence-corrected chi connectivity index (χ3v) is 3.40. The van der Waals surface area contributed by atoms with E-state index in [-0.39, 0.29) is 22.2 Å². The van der Waals surface area contributed by atoms with Crippen molar-refractivity contribution >= 4 is 23.2 Å². The van der Waals surface area contributed by atoms with Gasteiger partial charge in [-0.1, -0.05) is 11.6 Å². The number of anilines is 1. The first kappa shape index (κ1) is 21.2. The molecule has 0 fully saturated rings. The first-order valence-corrected chi connectivity index (χ1v) is 6.72. The Morgan fingerprint density at radius 1 is 1.08 bits per heavy atom. The quantitative estimate of drug-likeness (QED) is 0.748. The summed E-state index contributed by atoms with van der Waals surface area (Å²) in [6, 6.07) is 2.18. The third kappa shape index (κ3) is 4.40. The largest absolute Gasteiger partial charge is 0.495 e. The number of alkyl halides is 6. The molecule has 0 saturated heterocycles. The summed E-state index contributed by atoms with van der Waals surface area (Å²) < 4.78 is 85.3. The summed E-state index contributed by atoms with van der Waals surface area (Å²) in [5.41, 5.74) is -5.50. The van der Waals surface area contributed by atoms with Gasteiger partial charge >= 0.3 is 12.4 Å². The van der Waals surface area contributed by atoms with Crippen molar-refractivity contribution in [3.63, 3.8) is 0 Å². The summed E-state index contributed by atoms with van der Waals surface area (Å²) in [6.07, 6.45) is -14.5. The lowest BCUT2D eigenvalue weighted by Crippen LogP contribution is -2.58. The molecule has 1 aromatic carbocycles. The van der Waals surface area contributed by atoms with Crippen LogP contribution in [0.5, 0.6) is 11.5 Å². The van der Waals surface area contributed by atoms with Crippen LogP contribution in [0.2, 0.25) is 5.02 Å². The number of amides is 1. The number of halogens is 7. The first-order chi connectivity index (χ1) is 11.3. The number of hydrogen-bond donors (Lipinski definition) is 2. The van der Waals surface area contributed by atoms with Gasteiger partial charge in [-0.3, -0.25) is 4.79 Å². The van der Waals surface area contributed by atoms with Gasteiger partial charge in [0.2, 0.25) is 5.91 Å². The zero-order chi connectivity index (χ0) is 19.6. The van der Waals surface area contributed by atoms with Gasteiger partial charge in [-0.15, -0.1) is 0 Å². The summed E-state index contributed by atoms with van der Waals surface area (Å²) in [7, 11) is 2.39. The van der Waals surface area contributed by atoms with Crippen LogP contribution < -0.4 is 14.8 Å². The van der Waals surface area contributed by atoms with Gasteiger partial charge in [0.05, 0.1) is 31.4 Å². The molecule has 0 aliphatic rings. The molecule has 12 heteroatoms. The standard InChI is InChI=1S/C13H12ClF6NO4/c1-24-8-4-9(25-2)7(3-6(8)14)21-10(22)5-11(23,12(15,16)17)13(18,19)20/h3-4,23H,5H2,1-2H3,(H,21,22). The molecule has 1 aromatic rings. The van der Waals surface area contributed by atoms with E-state index in [1.807, 2.05) is 0 Å². The second-order valence-corrected chi connectivity index (χ2v) is 5.17. The van der Waals surface area contributed by atoms with E-state index in [2.05, 4.69) is 0 Å². The Labute approximate surface area is 142 Å². The fraction of sp³-hybridized carbons (Fsp3) is 0.462. The lowest BCUT2D eigenvalue weighted by Gasteiger charge is -2.31. The summed E-state index contributed by atoms with van der Waals surface area (Å²) in [5, 5.41) is 10.7. The van der Waals surface area contributed by atoms with Crippen molar-refractivity contribution in [2.45, 2.75) is 24.4 Å². The normalized spacial score (nSPS) is 12.7. The monoisotopic (exact) mass is 395 g/mol. The molecule has 0 radical (unpaired) electrons. The molecule has 0 spiro atoms. The Morgan fingerprint density at radius 3 is 1.96 bits per heavy atom. The van der Waals surface area contributed by atoms with Gasteiger partial charge in [-0.2, -0.15) is 26.3 Å². The van der Waals surface area contributed by atoms with E-state index in [1.165, 1.54) is 7.11 Å². The summed E-state index contributed by atoms with van der Waals surface area (Å²) >= 11 is 5.78. The molecule has 0 bridgehead atoms. The number of aliphatic hydroxyl groups is 1. The minimum atomic E-state index is -6.11. The molecule has 0 aromatic heterocycles. The molecule has 0 atom stereocenters. The maximum absolute atomic E-state index is 12.6. The number of hydrogen-bond acceptors (Lipinski definition) is 4. The molecule has 0 saturated carbocycles. The molecule has 25 heavy (non-hydrogen) atoms. The Hall–Kier alpha value is -1.88. The third-order valence-electron chi connectivity index (χ3n) is 3.10. The van der Waals surface area contributed by atoms with E-state index in [0.29, 0.717) is 0 Å². The van der Waals surface area contributed by atoms with E-state index in [4.69, 9.17) is 26.2 Å². The highest BCUT2D eigenvalue weighted by Crippen LogP contribution is 2.45. The van der Waals surface area contributed by atoms with Crippen LogP contribution in [-0.4, -0.2) is 43.2 Å². The van der Waals surface area contributed by atoms with Crippen LogP contribution in [0.3, 0.4) is 0 Å². The van der Waals surface area contributed by atoms with Gasteiger partial charge in [-0.05, 0) is 6.07 Å². The smallest absolute Gasteiger partial charge is 0.426 e. The summed E-state index contributed by atoms with van der Waals surface area (Å²) in [5.74, 6) is -1.78. The number of carbonyl (C=O) groups excluding carboxylic acids is 1. The molecule has 0 heterocycles. The van der Waals surface area contributed by atoms with Crippen molar-refractivity contribution in [3.05, 3.63) is 17.2 Å². The van der Waals surface area contributed by atoms with Crippen molar-refractivity contribution in [3.8, 4) is 11.5 Å². The number of carbonyl (C=O) groups is 1. The van der Waals surface area contributed by atoms with Crippen molar-refractivity contribution in [1.29, 1.82) is 0 Å². The zero-order valence-corrected chi connectivity index (χ0v) is 13.4. The van der Waals surface area contributed by atoms with Gasteiger partial charge in [0, 0.05) is 6.07 Å².